The van der Waals surface area contributed by atoms with Crippen LogP contribution in [0.5, 0.6) is 0 Å². The molecule has 0 aliphatic carbocycles. The fourth-order valence-electron chi connectivity index (χ4n) is 3.12. The molecule has 1 aliphatic rings. The number of piperidine rings is 1. The Kier molecular flexibility index (Phi) is 8.10. The Morgan fingerprint density at radius 3 is 2.31 bits per heavy atom. The molecule has 1 aliphatic heterocycles. The summed E-state index contributed by atoms with van der Waals surface area (Å²) in [5.41, 5.74) is 11.9. The number of carbonyl (C=O) groups is 3. The molecule has 0 bridgehead atoms. The third-order valence-corrected chi connectivity index (χ3v) is 4.71. The standard InChI is InChI=1S/C19H27N5O5/c20-8-5-15(23-18(27)13-3-1-12(2-4-13)17(21)22)19(28)24-9-6-14(7-10-24)29-11-16(25)26/h1-4,14-15H,5-11,20H2,(H3,21,22)(H,23,27)(H,25,26). The van der Waals surface area contributed by atoms with Crippen molar-refractivity contribution in [3.05, 3.63) is 35.4 Å². The predicted molar refractivity (Wildman–Crippen MR) is 106 cm³/mol. The van der Waals surface area contributed by atoms with Gasteiger partial charge in [0, 0.05) is 24.2 Å². The maximum Gasteiger partial charge on any atom is 0.329 e. The summed E-state index contributed by atoms with van der Waals surface area (Å²) >= 11 is 0. The normalized spacial score (nSPS) is 15.6. The third kappa shape index (κ3) is 6.54. The molecule has 1 heterocycles. The van der Waals surface area contributed by atoms with Crippen LogP contribution in [0.1, 0.15) is 35.2 Å². The monoisotopic (exact) mass is 405 g/mol. The van der Waals surface area contributed by atoms with E-state index in [9.17, 15) is 14.4 Å². The molecule has 1 unspecified atom stereocenters. The van der Waals surface area contributed by atoms with Gasteiger partial charge in [0.05, 0.1) is 6.10 Å². The Hall–Kier alpha value is -2.98. The summed E-state index contributed by atoms with van der Waals surface area (Å²) in [6, 6.07) is 5.47. The highest BCUT2D eigenvalue weighted by molar-refractivity contribution is 5.99. The van der Waals surface area contributed by atoms with Gasteiger partial charge in [0.2, 0.25) is 5.91 Å². The van der Waals surface area contributed by atoms with Gasteiger partial charge in [0.1, 0.15) is 18.5 Å². The quantitative estimate of drug-likeness (QED) is 0.272. The lowest BCUT2D eigenvalue weighted by Crippen LogP contribution is -2.52. The van der Waals surface area contributed by atoms with Gasteiger partial charge in [-0.25, -0.2) is 4.79 Å². The third-order valence-electron chi connectivity index (χ3n) is 4.71. The van der Waals surface area contributed by atoms with E-state index in [4.69, 9.17) is 26.7 Å². The number of nitrogens with two attached hydrogens (primary N) is 2. The molecule has 0 spiro atoms. The van der Waals surface area contributed by atoms with Crippen molar-refractivity contribution in [3.8, 4) is 0 Å². The fraction of sp³-hybridized carbons (Fsp3) is 0.474. The van der Waals surface area contributed by atoms with Gasteiger partial charge in [0.15, 0.2) is 0 Å². The summed E-state index contributed by atoms with van der Waals surface area (Å²) in [6.07, 6.45) is 1.17. The van der Waals surface area contributed by atoms with Crippen LogP contribution in [0.4, 0.5) is 0 Å². The van der Waals surface area contributed by atoms with Crippen LogP contribution in [-0.2, 0) is 14.3 Å². The second-order valence-corrected chi connectivity index (χ2v) is 6.82. The number of likely N-dealkylation sites (tertiary alicyclic amines) is 1. The molecule has 29 heavy (non-hydrogen) atoms. The zero-order valence-electron chi connectivity index (χ0n) is 16.1. The molecule has 158 valence electrons. The summed E-state index contributed by atoms with van der Waals surface area (Å²) in [5, 5.41) is 18.8. The summed E-state index contributed by atoms with van der Waals surface area (Å²) < 4.78 is 5.28. The van der Waals surface area contributed by atoms with E-state index in [0.717, 1.165) is 0 Å². The second-order valence-electron chi connectivity index (χ2n) is 6.82. The van der Waals surface area contributed by atoms with Crippen molar-refractivity contribution < 1.29 is 24.2 Å². The number of hydrogen-bond acceptors (Lipinski definition) is 6. The van der Waals surface area contributed by atoms with Crippen LogP contribution < -0.4 is 16.8 Å². The van der Waals surface area contributed by atoms with Crippen LogP contribution in [-0.4, -0.2) is 72.0 Å². The molecule has 1 aromatic rings. The van der Waals surface area contributed by atoms with Crippen LogP contribution in [0.2, 0.25) is 0 Å². The van der Waals surface area contributed by atoms with Crippen LogP contribution in [0.25, 0.3) is 0 Å². The van der Waals surface area contributed by atoms with Gasteiger partial charge in [-0.3, -0.25) is 15.0 Å². The number of amides is 2. The van der Waals surface area contributed by atoms with E-state index in [1.54, 1.807) is 29.2 Å². The van der Waals surface area contributed by atoms with Crippen LogP contribution in [0, 0.1) is 5.41 Å². The number of nitrogen functional groups attached to an aromatic ring is 1. The number of nitrogens with one attached hydrogen (secondary N) is 2. The zero-order valence-corrected chi connectivity index (χ0v) is 16.1. The molecule has 2 rings (SSSR count). The topological polar surface area (TPSA) is 172 Å². The molecule has 0 saturated carbocycles. The molecule has 0 aromatic heterocycles. The highest BCUT2D eigenvalue weighted by Crippen LogP contribution is 2.15. The number of benzene rings is 1. The summed E-state index contributed by atoms with van der Waals surface area (Å²) in [6.45, 7) is 0.728. The van der Waals surface area contributed by atoms with E-state index in [0.29, 0.717) is 43.5 Å². The van der Waals surface area contributed by atoms with Crippen molar-refractivity contribution in [2.75, 3.05) is 26.2 Å². The van der Waals surface area contributed by atoms with Gasteiger partial charge in [-0.05, 0) is 37.9 Å². The summed E-state index contributed by atoms with van der Waals surface area (Å²) in [4.78, 5) is 37.6. The lowest BCUT2D eigenvalue weighted by atomic mass is 10.0. The summed E-state index contributed by atoms with van der Waals surface area (Å²) in [5.74, 6) is -1.75. The maximum atomic E-state index is 12.8. The first-order chi connectivity index (χ1) is 13.8. The fourth-order valence-corrected chi connectivity index (χ4v) is 3.12. The van der Waals surface area contributed by atoms with Crippen molar-refractivity contribution in [1.82, 2.24) is 10.2 Å². The number of carboxylic acids is 1. The molecule has 1 aromatic carbocycles. The first-order valence-corrected chi connectivity index (χ1v) is 9.39. The van der Waals surface area contributed by atoms with E-state index in [1.165, 1.54) is 0 Å². The van der Waals surface area contributed by atoms with Gasteiger partial charge in [0.25, 0.3) is 5.91 Å². The Balaban J connectivity index is 1.94. The highest BCUT2D eigenvalue weighted by Gasteiger charge is 2.29. The van der Waals surface area contributed by atoms with Crippen molar-refractivity contribution in [2.24, 2.45) is 11.5 Å². The highest BCUT2D eigenvalue weighted by atomic mass is 16.5. The lowest BCUT2D eigenvalue weighted by molar-refractivity contribution is -0.147. The van der Waals surface area contributed by atoms with Crippen molar-refractivity contribution in [2.45, 2.75) is 31.4 Å². The number of aliphatic carboxylic acids is 1. The minimum atomic E-state index is -1.02. The molecule has 7 N–H and O–H groups in total. The van der Waals surface area contributed by atoms with E-state index in [2.05, 4.69) is 5.32 Å². The molecule has 1 saturated heterocycles. The van der Waals surface area contributed by atoms with E-state index >= 15 is 0 Å². The second kappa shape index (κ2) is 10.5. The number of hydrogen-bond donors (Lipinski definition) is 5. The largest absolute Gasteiger partial charge is 0.480 e. The molecular weight excluding hydrogens is 378 g/mol. The van der Waals surface area contributed by atoms with Crippen LogP contribution >= 0.6 is 0 Å². The average Bonchev–Trinajstić information content (AvgIpc) is 2.71. The zero-order chi connectivity index (χ0) is 21.4. The Morgan fingerprint density at radius 2 is 1.79 bits per heavy atom. The van der Waals surface area contributed by atoms with Crippen molar-refractivity contribution >= 4 is 23.6 Å². The van der Waals surface area contributed by atoms with Gasteiger partial charge in [-0.2, -0.15) is 0 Å². The first kappa shape index (κ1) is 22.3. The molecule has 2 amide bonds. The smallest absolute Gasteiger partial charge is 0.329 e. The van der Waals surface area contributed by atoms with E-state index in [-0.39, 0.29) is 31.0 Å². The van der Waals surface area contributed by atoms with Gasteiger partial charge < -0.3 is 31.5 Å². The Morgan fingerprint density at radius 1 is 1.21 bits per heavy atom. The molecule has 0 radical (unpaired) electrons. The molecular formula is C19H27N5O5. The van der Waals surface area contributed by atoms with Crippen LogP contribution in [0.3, 0.4) is 0 Å². The Labute approximate surface area is 168 Å². The number of carboxylic acid groups (broad SMARTS) is 1. The first-order valence-electron chi connectivity index (χ1n) is 9.39. The summed E-state index contributed by atoms with van der Waals surface area (Å²) in [7, 11) is 0. The Bertz CT molecular complexity index is 744. The number of amidine groups is 1. The average molecular weight is 405 g/mol. The SMILES string of the molecule is N=C(N)c1ccc(C(=O)NC(CCN)C(=O)N2CCC(OCC(=O)O)CC2)cc1. The number of rotatable bonds is 9. The van der Waals surface area contributed by atoms with Crippen molar-refractivity contribution in [1.29, 1.82) is 5.41 Å². The van der Waals surface area contributed by atoms with Crippen molar-refractivity contribution in [3.63, 3.8) is 0 Å². The van der Waals surface area contributed by atoms with Gasteiger partial charge >= 0.3 is 5.97 Å². The number of nitrogens with zero attached hydrogens (tertiary/aromatic N) is 1. The van der Waals surface area contributed by atoms with E-state index in [1.807, 2.05) is 0 Å². The predicted octanol–water partition coefficient (Wildman–Crippen LogP) is -0.490. The van der Waals surface area contributed by atoms with Gasteiger partial charge in [-0.15, -0.1) is 0 Å². The van der Waals surface area contributed by atoms with Gasteiger partial charge in [-0.1, -0.05) is 12.1 Å². The molecule has 1 fully saturated rings. The molecule has 1 atom stereocenters. The molecule has 10 nitrogen and oxygen atoms in total. The minimum Gasteiger partial charge on any atom is -0.480 e. The van der Waals surface area contributed by atoms with E-state index < -0.39 is 17.9 Å². The number of ether oxygens (including phenoxy) is 1. The van der Waals surface area contributed by atoms with Crippen LogP contribution in [0.15, 0.2) is 24.3 Å². The minimum absolute atomic E-state index is 0.0936. The lowest BCUT2D eigenvalue weighted by Gasteiger charge is -2.34. The number of carbonyl (C=O) groups excluding carboxylic acids is 2. The molecule has 10 heteroatoms. The maximum absolute atomic E-state index is 12.8.